The number of rotatable bonds is 3. The molecular weight excluding hydrogens is 221 g/mol. The quantitative estimate of drug-likeness (QED) is 0.808. The number of hydrogen-bond donors (Lipinski definition) is 0. The first-order valence-corrected chi connectivity index (χ1v) is 5.73. The van der Waals surface area contributed by atoms with Crippen molar-refractivity contribution in [3.63, 3.8) is 0 Å². The Hall–Kier alpha value is -1.60. The van der Waals surface area contributed by atoms with Crippen LogP contribution >= 0.6 is 0 Å². The number of nitriles is 1. The summed E-state index contributed by atoms with van der Waals surface area (Å²) in [6, 6.07) is 6.08. The summed E-state index contributed by atoms with van der Waals surface area (Å²) >= 11 is 0. The molecule has 1 heterocycles. The Bertz CT molecular complexity index is 422. The highest BCUT2D eigenvalue weighted by atomic mass is 19.1. The van der Waals surface area contributed by atoms with Crippen LogP contribution in [0.25, 0.3) is 0 Å². The second kappa shape index (κ2) is 5.65. The predicted molar refractivity (Wildman–Crippen MR) is 60.2 cm³/mol. The fraction of sp³-hybridized carbons (Fsp3) is 0.462. The van der Waals surface area contributed by atoms with Gasteiger partial charge in [0, 0.05) is 6.61 Å². The summed E-state index contributed by atoms with van der Waals surface area (Å²) < 4.78 is 24.3. The lowest BCUT2D eigenvalue weighted by Gasteiger charge is -2.22. The van der Waals surface area contributed by atoms with Gasteiger partial charge in [0.25, 0.3) is 0 Å². The van der Waals surface area contributed by atoms with Crippen LogP contribution in [0.1, 0.15) is 24.8 Å². The fourth-order valence-corrected chi connectivity index (χ4v) is 1.81. The highest BCUT2D eigenvalue weighted by molar-refractivity contribution is 5.35. The van der Waals surface area contributed by atoms with E-state index in [9.17, 15) is 4.39 Å². The molecule has 0 spiro atoms. The molecule has 4 heteroatoms. The lowest BCUT2D eigenvalue weighted by molar-refractivity contribution is -0.0117. The van der Waals surface area contributed by atoms with Crippen molar-refractivity contribution in [1.82, 2.24) is 0 Å². The first-order valence-electron chi connectivity index (χ1n) is 5.73. The molecule has 90 valence electrons. The maximum atomic E-state index is 13.5. The zero-order valence-electron chi connectivity index (χ0n) is 9.49. The molecule has 0 aliphatic carbocycles. The minimum atomic E-state index is -0.500. The SMILES string of the molecule is N#Cc1ccc(OCC2CCCCO2)c(F)c1. The number of hydrogen-bond acceptors (Lipinski definition) is 3. The maximum Gasteiger partial charge on any atom is 0.166 e. The van der Waals surface area contributed by atoms with Crippen molar-refractivity contribution in [2.75, 3.05) is 13.2 Å². The molecule has 1 unspecified atom stereocenters. The molecule has 1 aromatic carbocycles. The Morgan fingerprint density at radius 3 is 3.00 bits per heavy atom. The Morgan fingerprint density at radius 1 is 1.47 bits per heavy atom. The summed E-state index contributed by atoms with van der Waals surface area (Å²) in [5, 5.41) is 8.61. The first kappa shape index (κ1) is 11.9. The molecule has 0 N–H and O–H groups in total. The van der Waals surface area contributed by atoms with Crippen molar-refractivity contribution in [2.24, 2.45) is 0 Å². The number of halogens is 1. The van der Waals surface area contributed by atoms with E-state index in [0.29, 0.717) is 12.2 Å². The molecule has 3 nitrogen and oxygen atoms in total. The third-order valence-corrected chi connectivity index (χ3v) is 2.76. The van der Waals surface area contributed by atoms with Crippen molar-refractivity contribution in [2.45, 2.75) is 25.4 Å². The van der Waals surface area contributed by atoms with E-state index in [-0.39, 0.29) is 11.9 Å². The van der Waals surface area contributed by atoms with Crippen LogP contribution in [-0.4, -0.2) is 19.3 Å². The summed E-state index contributed by atoms with van der Waals surface area (Å²) in [7, 11) is 0. The monoisotopic (exact) mass is 235 g/mol. The second-order valence-corrected chi connectivity index (χ2v) is 4.06. The molecule has 0 aromatic heterocycles. The summed E-state index contributed by atoms with van der Waals surface area (Å²) in [6.07, 6.45) is 3.22. The van der Waals surface area contributed by atoms with E-state index < -0.39 is 5.82 Å². The van der Waals surface area contributed by atoms with Gasteiger partial charge in [0.2, 0.25) is 0 Å². The fourth-order valence-electron chi connectivity index (χ4n) is 1.81. The molecule has 1 fully saturated rings. The normalized spacial score (nSPS) is 19.6. The van der Waals surface area contributed by atoms with Crippen LogP contribution in [0.5, 0.6) is 5.75 Å². The Balaban J connectivity index is 1.92. The number of ether oxygens (including phenoxy) is 2. The van der Waals surface area contributed by atoms with Crippen LogP contribution < -0.4 is 4.74 Å². The molecule has 0 bridgehead atoms. The zero-order chi connectivity index (χ0) is 12.1. The van der Waals surface area contributed by atoms with E-state index in [4.69, 9.17) is 14.7 Å². The summed E-state index contributed by atoms with van der Waals surface area (Å²) in [6.45, 7) is 1.12. The lowest BCUT2D eigenvalue weighted by atomic mass is 10.1. The van der Waals surface area contributed by atoms with Crippen molar-refractivity contribution >= 4 is 0 Å². The third-order valence-electron chi connectivity index (χ3n) is 2.76. The highest BCUT2D eigenvalue weighted by Gasteiger charge is 2.15. The van der Waals surface area contributed by atoms with Gasteiger partial charge in [0.05, 0.1) is 17.7 Å². The topological polar surface area (TPSA) is 42.2 Å². The molecule has 1 atom stereocenters. The first-order chi connectivity index (χ1) is 8.29. The van der Waals surface area contributed by atoms with Gasteiger partial charge >= 0.3 is 0 Å². The van der Waals surface area contributed by atoms with E-state index in [1.807, 2.05) is 6.07 Å². The van der Waals surface area contributed by atoms with E-state index in [2.05, 4.69) is 0 Å². The molecule has 17 heavy (non-hydrogen) atoms. The molecule has 1 aliphatic heterocycles. The van der Waals surface area contributed by atoms with Crippen molar-refractivity contribution in [3.8, 4) is 11.8 Å². The van der Waals surface area contributed by atoms with Crippen LogP contribution in [0, 0.1) is 17.1 Å². The van der Waals surface area contributed by atoms with Crippen LogP contribution in [0.3, 0.4) is 0 Å². The number of nitrogens with zero attached hydrogens (tertiary/aromatic N) is 1. The zero-order valence-corrected chi connectivity index (χ0v) is 9.49. The van der Waals surface area contributed by atoms with Crippen LogP contribution in [-0.2, 0) is 4.74 Å². The molecular formula is C13H14FNO2. The van der Waals surface area contributed by atoms with Gasteiger partial charge in [-0.15, -0.1) is 0 Å². The summed E-state index contributed by atoms with van der Waals surface area (Å²) in [5.74, 6) is -0.321. The van der Waals surface area contributed by atoms with Crippen molar-refractivity contribution < 1.29 is 13.9 Å². The van der Waals surface area contributed by atoms with E-state index in [0.717, 1.165) is 25.9 Å². The average molecular weight is 235 g/mol. The minimum Gasteiger partial charge on any atom is -0.488 e. The van der Waals surface area contributed by atoms with Crippen LogP contribution in [0.15, 0.2) is 18.2 Å². The smallest absolute Gasteiger partial charge is 0.166 e. The molecule has 0 amide bonds. The largest absolute Gasteiger partial charge is 0.488 e. The van der Waals surface area contributed by atoms with Gasteiger partial charge in [0.15, 0.2) is 11.6 Å². The molecule has 2 rings (SSSR count). The molecule has 0 saturated carbocycles. The average Bonchev–Trinajstić information content (AvgIpc) is 2.38. The summed E-state index contributed by atoms with van der Waals surface area (Å²) in [5.41, 5.74) is 0.295. The highest BCUT2D eigenvalue weighted by Crippen LogP contribution is 2.20. The van der Waals surface area contributed by atoms with Gasteiger partial charge in [-0.1, -0.05) is 0 Å². The van der Waals surface area contributed by atoms with Gasteiger partial charge in [-0.2, -0.15) is 5.26 Å². The summed E-state index contributed by atoms with van der Waals surface area (Å²) in [4.78, 5) is 0. The molecule has 1 aliphatic rings. The Morgan fingerprint density at radius 2 is 2.35 bits per heavy atom. The van der Waals surface area contributed by atoms with Gasteiger partial charge in [0.1, 0.15) is 6.61 Å². The Kier molecular flexibility index (Phi) is 3.94. The lowest BCUT2D eigenvalue weighted by Crippen LogP contribution is -2.25. The van der Waals surface area contributed by atoms with Crippen molar-refractivity contribution in [3.05, 3.63) is 29.6 Å². The van der Waals surface area contributed by atoms with Gasteiger partial charge in [-0.3, -0.25) is 0 Å². The van der Waals surface area contributed by atoms with E-state index in [1.165, 1.54) is 12.1 Å². The molecule has 1 aromatic rings. The maximum absolute atomic E-state index is 13.5. The van der Waals surface area contributed by atoms with Gasteiger partial charge in [-0.25, -0.2) is 4.39 Å². The van der Waals surface area contributed by atoms with E-state index in [1.54, 1.807) is 6.07 Å². The Labute approximate surface area is 99.8 Å². The van der Waals surface area contributed by atoms with Crippen molar-refractivity contribution in [1.29, 1.82) is 5.26 Å². The standard InChI is InChI=1S/C13H14FNO2/c14-12-7-10(8-15)4-5-13(12)17-9-11-3-1-2-6-16-11/h4-5,7,11H,1-3,6,9H2. The molecule has 1 saturated heterocycles. The van der Waals surface area contributed by atoms with Crippen LogP contribution in [0.2, 0.25) is 0 Å². The van der Waals surface area contributed by atoms with Gasteiger partial charge < -0.3 is 9.47 Å². The predicted octanol–water partition coefficient (Wildman–Crippen LogP) is 2.65. The number of benzene rings is 1. The minimum absolute atomic E-state index is 0.0544. The molecule has 0 radical (unpaired) electrons. The third kappa shape index (κ3) is 3.18. The van der Waals surface area contributed by atoms with Gasteiger partial charge in [-0.05, 0) is 37.5 Å². The second-order valence-electron chi connectivity index (χ2n) is 4.06. The van der Waals surface area contributed by atoms with Crippen LogP contribution in [0.4, 0.5) is 4.39 Å². The van der Waals surface area contributed by atoms with E-state index >= 15 is 0 Å².